The van der Waals surface area contributed by atoms with Gasteiger partial charge in [-0.1, -0.05) is 68.4 Å². The van der Waals surface area contributed by atoms with Gasteiger partial charge in [-0.3, -0.25) is 4.57 Å². The Balaban J connectivity index is 1.76. The monoisotopic (exact) mass is 496 g/mol. The third-order valence-corrected chi connectivity index (χ3v) is 6.30. The van der Waals surface area contributed by atoms with E-state index in [0.29, 0.717) is 33.3 Å². The van der Waals surface area contributed by atoms with Crippen molar-refractivity contribution in [3.8, 4) is 22.8 Å². The molecular formula is C23H25ClN8OS. The highest BCUT2D eigenvalue weighted by Crippen LogP contribution is 2.34. The van der Waals surface area contributed by atoms with Crippen LogP contribution in [0.25, 0.3) is 17.1 Å². The molecule has 0 aliphatic heterocycles. The molecule has 11 heteroatoms. The zero-order valence-corrected chi connectivity index (χ0v) is 20.9. The molecule has 0 amide bonds. The van der Waals surface area contributed by atoms with Crippen molar-refractivity contribution in [3.63, 3.8) is 0 Å². The fourth-order valence-electron chi connectivity index (χ4n) is 3.35. The molecule has 2 aromatic heterocycles. The van der Waals surface area contributed by atoms with Crippen molar-refractivity contribution in [2.45, 2.75) is 37.1 Å². The topological polar surface area (TPSA) is 131 Å². The summed E-state index contributed by atoms with van der Waals surface area (Å²) in [5.41, 5.74) is 14.4. The highest BCUT2D eigenvalue weighted by atomic mass is 35.5. The number of hydrogen-bond donors (Lipinski definition) is 2. The van der Waals surface area contributed by atoms with Crippen LogP contribution < -0.4 is 16.2 Å². The van der Waals surface area contributed by atoms with E-state index in [9.17, 15) is 0 Å². The maximum Gasteiger partial charge on any atom is 0.225 e. The molecule has 0 saturated heterocycles. The fourth-order valence-corrected chi connectivity index (χ4v) is 4.41. The van der Waals surface area contributed by atoms with E-state index in [2.05, 4.69) is 58.1 Å². The second-order valence-corrected chi connectivity index (χ2v) is 9.89. The Morgan fingerprint density at radius 1 is 0.971 bits per heavy atom. The second-order valence-electron chi connectivity index (χ2n) is 8.54. The van der Waals surface area contributed by atoms with Gasteiger partial charge in [0, 0.05) is 5.56 Å². The van der Waals surface area contributed by atoms with Crippen molar-refractivity contribution < 1.29 is 4.74 Å². The van der Waals surface area contributed by atoms with Crippen LogP contribution in [-0.4, -0.2) is 36.8 Å². The molecule has 4 rings (SSSR count). The Kier molecular flexibility index (Phi) is 6.63. The minimum absolute atomic E-state index is 0.0466. The second kappa shape index (κ2) is 9.47. The molecule has 0 aliphatic carbocycles. The van der Waals surface area contributed by atoms with Crippen LogP contribution in [0.3, 0.4) is 0 Å². The summed E-state index contributed by atoms with van der Waals surface area (Å²) in [5.74, 6) is 2.24. The summed E-state index contributed by atoms with van der Waals surface area (Å²) >= 11 is 7.84. The first kappa shape index (κ1) is 23.8. The van der Waals surface area contributed by atoms with Crippen LogP contribution in [0.1, 0.15) is 32.2 Å². The standard InChI is InChI=1S/C23H25ClN8OS/c1-23(2,3)14-7-5-13(6-8-14)19-30-31-22(34-12-18-27-20(25)29-21(26)28-18)32(19)15-9-10-17(33-4)16(24)11-15/h5-11H,12H2,1-4H3,(H4,25,26,27,28,29). The summed E-state index contributed by atoms with van der Waals surface area (Å²) in [6, 6.07) is 13.9. The van der Waals surface area contributed by atoms with Gasteiger partial charge >= 0.3 is 0 Å². The quantitative estimate of drug-likeness (QED) is 0.369. The van der Waals surface area contributed by atoms with Crippen molar-refractivity contribution in [1.29, 1.82) is 0 Å². The molecule has 2 aromatic carbocycles. The SMILES string of the molecule is COc1ccc(-n2c(SCc3nc(N)nc(N)n3)nnc2-c2ccc(C(C)(C)C)cc2)cc1Cl. The molecule has 0 saturated carbocycles. The molecule has 4 aromatic rings. The molecular weight excluding hydrogens is 472 g/mol. The number of thioether (sulfide) groups is 1. The van der Waals surface area contributed by atoms with Gasteiger partial charge in [0.15, 0.2) is 11.0 Å². The lowest BCUT2D eigenvalue weighted by Gasteiger charge is -2.19. The number of ether oxygens (including phenoxy) is 1. The average molecular weight is 497 g/mol. The van der Waals surface area contributed by atoms with Gasteiger partial charge in [-0.2, -0.15) is 15.0 Å². The summed E-state index contributed by atoms with van der Waals surface area (Å²) in [6.07, 6.45) is 0. The zero-order chi connectivity index (χ0) is 24.5. The van der Waals surface area contributed by atoms with Gasteiger partial charge in [-0.15, -0.1) is 10.2 Å². The number of nitrogens with two attached hydrogens (primary N) is 2. The van der Waals surface area contributed by atoms with Crippen molar-refractivity contribution in [1.82, 2.24) is 29.7 Å². The summed E-state index contributed by atoms with van der Waals surface area (Å²) in [4.78, 5) is 12.1. The molecule has 0 spiro atoms. The third kappa shape index (κ3) is 5.07. The number of aromatic nitrogens is 6. The summed E-state index contributed by atoms with van der Waals surface area (Å²) in [5, 5.41) is 10.0. The highest BCUT2D eigenvalue weighted by molar-refractivity contribution is 7.98. The van der Waals surface area contributed by atoms with E-state index in [1.165, 1.54) is 17.3 Å². The van der Waals surface area contributed by atoms with Crippen LogP contribution in [-0.2, 0) is 11.2 Å². The van der Waals surface area contributed by atoms with E-state index in [4.69, 9.17) is 27.8 Å². The zero-order valence-electron chi connectivity index (χ0n) is 19.3. The van der Waals surface area contributed by atoms with Crippen molar-refractivity contribution in [2.24, 2.45) is 0 Å². The molecule has 0 unspecified atom stereocenters. The summed E-state index contributed by atoms with van der Waals surface area (Å²) in [7, 11) is 1.58. The van der Waals surface area contributed by atoms with Gasteiger partial charge in [0.05, 0.1) is 23.6 Å². The Hall–Kier alpha value is -3.37. The maximum atomic E-state index is 6.44. The first-order chi connectivity index (χ1) is 16.2. The molecule has 0 aliphatic rings. The van der Waals surface area contributed by atoms with E-state index >= 15 is 0 Å². The van der Waals surface area contributed by atoms with Gasteiger partial charge in [0.1, 0.15) is 11.6 Å². The van der Waals surface area contributed by atoms with Gasteiger partial charge in [-0.25, -0.2) is 0 Å². The molecule has 0 atom stereocenters. The predicted molar refractivity (Wildman–Crippen MR) is 135 cm³/mol. The lowest BCUT2D eigenvalue weighted by Crippen LogP contribution is -2.10. The Labute approximate surface area is 206 Å². The molecule has 0 fully saturated rings. The van der Waals surface area contributed by atoms with Gasteiger partial charge in [-0.05, 0) is 29.2 Å². The first-order valence-corrected chi connectivity index (χ1v) is 11.8. The molecule has 34 heavy (non-hydrogen) atoms. The Bertz CT molecular complexity index is 1300. The molecule has 4 N–H and O–H groups in total. The number of rotatable bonds is 6. The third-order valence-electron chi connectivity index (χ3n) is 5.08. The fraction of sp³-hybridized carbons (Fsp3) is 0.261. The number of nitrogen functional groups attached to an aromatic ring is 2. The van der Waals surface area contributed by atoms with Gasteiger partial charge in [0.2, 0.25) is 11.9 Å². The maximum absolute atomic E-state index is 6.44. The highest BCUT2D eigenvalue weighted by Gasteiger charge is 2.19. The number of hydrogen-bond acceptors (Lipinski definition) is 9. The van der Waals surface area contributed by atoms with Crippen LogP contribution in [0.5, 0.6) is 5.75 Å². The normalized spacial score (nSPS) is 11.6. The summed E-state index contributed by atoms with van der Waals surface area (Å²) < 4.78 is 7.25. The number of methoxy groups -OCH3 is 1. The smallest absolute Gasteiger partial charge is 0.225 e. The number of halogens is 1. The number of nitrogens with zero attached hydrogens (tertiary/aromatic N) is 6. The van der Waals surface area contributed by atoms with Crippen LogP contribution in [0.2, 0.25) is 5.02 Å². The predicted octanol–water partition coefficient (Wildman–Crippen LogP) is 4.54. The molecule has 0 radical (unpaired) electrons. The van der Waals surface area contributed by atoms with E-state index in [1.54, 1.807) is 7.11 Å². The van der Waals surface area contributed by atoms with Crippen LogP contribution in [0, 0.1) is 0 Å². The van der Waals surface area contributed by atoms with E-state index in [0.717, 1.165) is 11.3 Å². The van der Waals surface area contributed by atoms with Crippen LogP contribution in [0.4, 0.5) is 11.9 Å². The van der Waals surface area contributed by atoms with Gasteiger partial charge in [0.25, 0.3) is 0 Å². The molecule has 0 bridgehead atoms. The lowest BCUT2D eigenvalue weighted by atomic mass is 9.87. The summed E-state index contributed by atoms with van der Waals surface area (Å²) in [6.45, 7) is 6.54. The average Bonchev–Trinajstić information content (AvgIpc) is 3.20. The van der Waals surface area contributed by atoms with E-state index < -0.39 is 0 Å². The molecule has 176 valence electrons. The van der Waals surface area contributed by atoms with Gasteiger partial charge < -0.3 is 16.2 Å². The van der Waals surface area contributed by atoms with Crippen molar-refractivity contribution >= 4 is 35.3 Å². The Morgan fingerprint density at radius 3 is 2.24 bits per heavy atom. The molecule has 9 nitrogen and oxygen atoms in total. The largest absolute Gasteiger partial charge is 0.495 e. The van der Waals surface area contributed by atoms with Crippen molar-refractivity contribution in [3.05, 3.63) is 58.9 Å². The minimum Gasteiger partial charge on any atom is -0.495 e. The van der Waals surface area contributed by atoms with Crippen molar-refractivity contribution in [2.75, 3.05) is 18.6 Å². The van der Waals surface area contributed by atoms with Crippen LogP contribution >= 0.6 is 23.4 Å². The minimum atomic E-state index is 0.0466. The lowest BCUT2D eigenvalue weighted by molar-refractivity contribution is 0.415. The first-order valence-electron chi connectivity index (χ1n) is 10.4. The van der Waals surface area contributed by atoms with E-state index in [1.807, 2.05) is 34.9 Å². The van der Waals surface area contributed by atoms with E-state index in [-0.39, 0.29) is 17.3 Å². The number of benzene rings is 2. The van der Waals surface area contributed by atoms with Crippen LogP contribution in [0.15, 0.2) is 47.6 Å². The Morgan fingerprint density at radius 2 is 1.65 bits per heavy atom. The molecule has 2 heterocycles. The number of anilines is 2.